The number of carbonyl (C=O) groups is 2. The Morgan fingerprint density at radius 1 is 0.886 bits per heavy atom. The number of nitrogens with zero attached hydrogens (tertiary/aromatic N) is 8. The zero-order valence-corrected chi connectivity index (χ0v) is 41.9. The zero-order valence-electron chi connectivity index (χ0n) is 41.9. The van der Waals surface area contributed by atoms with Gasteiger partial charge in [-0.2, -0.15) is 15.6 Å². The maximum atomic E-state index is 14.2. The molecule has 1 aliphatic carbocycles. The molecule has 5 heterocycles. The highest BCUT2D eigenvalue weighted by Crippen LogP contribution is 2.56. The number of methoxy groups -OCH3 is 1. The molecule has 4 aliphatic heterocycles. The smallest absolute Gasteiger partial charge is 0.265 e. The summed E-state index contributed by atoms with van der Waals surface area (Å²) in [5.41, 5.74) is 4.95. The fourth-order valence-electron chi connectivity index (χ4n) is 12.8. The number of alkyl halides is 2. The van der Waals surface area contributed by atoms with Gasteiger partial charge in [-0.05, 0) is 97.5 Å². The van der Waals surface area contributed by atoms with E-state index in [1.807, 2.05) is 23.1 Å². The zero-order chi connectivity index (χ0) is 49.9. The van der Waals surface area contributed by atoms with Crippen molar-refractivity contribution >= 4 is 29.0 Å². The third-order valence-corrected chi connectivity index (χ3v) is 16.5. The Hall–Kier alpha value is -6.19. The molecule has 9 rings (SSSR count). The largest absolute Gasteiger partial charge is 0.495 e. The average molecular weight is 956 g/mol. The number of nitrogens with one attached hydrogen (secondary N) is 1. The Kier molecular flexibility index (Phi) is 13.2. The normalized spacial score (nSPS) is 22.8. The molecule has 3 fully saturated rings. The predicted octanol–water partition coefficient (Wildman–Crippen LogP) is 9.36. The Morgan fingerprint density at radius 2 is 1.60 bits per heavy atom. The number of hydrogen-bond acceptors (Lipinski definition) is 10. The van der Waals surface area contributed by atoms with E-state index in [0.29, 0.717) is 66.7 Å². The second-order valence-electron chi connectivity index (χ2n) is 22.1. The lowest BCUT2D eigenvalue weighted by Crippen LogP contribution is -2.74. The topological polar surface area (TPSA) is 143 Å². The number of carbonyl (C=O) groups excluding carboxylic acids is 2. The number of amides is 2. The van der Waals surface area contributed by atoms with Crippen LogP contribution in [0.2, 0.25) is 0 Å². The number of likely N-dealkylation sites (tertiary alicyclic amines) is 1. The van der Waals surface area contributed by atoms with Gasteiger partial charge in [-0.25, -0.2) is 8.78 Å². The van der Waals surface area contributed by atoms with Gasteiger partial charge in [0.2, 0.25) is 5.91 Å². The lowest BCUT2D eigenvalue weighted by molar-refractivity contribution is -0.164. The van der Waals surface area contributed by atoms with Crippen molar-refractivity contribution in [3.63, 3.8) is 0 Å². The molecule has 370 valence electrons. The van der Waals surface area contributed by atoms with Crippen LogP contribution in [-0.4, -0.2) is 96.5 Å². The van der Waals surface area contributed by atoms with Crippen molar-refractivity contribution in [2.24, 2.45) is 22.2 Å². The molecule has 15 heteroatoms. The summed E-state index contributed by atoms with van der Waals surface area (Å²) in [6, 6.07) is 20.5. The number of benzene rings is 3. The second kappa shape index (κ2) is 18.9. The molecule has 0 spiro atoms. The molecule has 5 aliphatic rings. The molecule has 4 aromatic rings. The molecule has 2 saturated heterocycles. The number of hydrogen-bond donors (Lipinski definition) is 1. The van der Waals surface area contributed by atoms with Crippen molar-refractivity contribution in [3.05, 3.63) is 93.7 Å². The van der Waals surface area contributed by atoms with E-state index in [4.69, 9.17) is 14.6 Å². The maximum Gasteiger partial charge on any atom is 0.265 e. The summed E-state index contributed by atoms with van der Waals surface area (Å²) in [5, 5.41) is 27.7. The van der Waals surface area contributed by atoms with E-state index in [0.717, 1.165) is 86.7 Å². The highest BCUT2D eigenvalue weighted by molar-refractivity contribution is 5.95. The third kappa shape index (κ3) is 8.95. The van der Waals surface area contributed by atoms with Gasteiger partial charge in [0.1, 0.15) is 23.7 Å². The molecule has 1 unspecified atom stereocenters. The Balaban J connectivity index is 0.812. The number of fused-ring (bicyclic) bond motifs is 2. The first-order valence-corrected chi connectivity index (χ1v) is 25.0. The van der Waals surface area contributed by atoms with Crippen molar-refractivity contribution in [1.29, 1.82) is 10.5 Å². The Labute approximate surface area is 411 Å². The van der Waals surface area contributed by atoms with Gasteiger partial charge in [-0.15, -0.1) is 0 Å². The molecule has 2 amide bonds. The summed E-state index contributed by atoms with van der Waals surface area (Å²) in [7, 11) is 1.54. The summed E-state index contributed by atoms with van der Waals surface area (Å²) in [6.07, 6.45) is 2.19. The van der Waals surface area contributed by atoms with Crippen molar-refractivity contribution < 1.29 is 27.8 Å². The fourth-order valence-corrected chi connectivity index (χ4v) is 12.8. The SMILES string of the molecule is COc1cc(OC2C(C)(C)C(NC(=O)c3ccc(N4CCC(CN5CCC(n6nc(N7CCCc8cc(C#N)c(C(F)F)cc87)c7c6CCN(C(C)=O)C7)CC5)C(C)(C)C4)cc3)C2(C)C)ccc1C#N. The fraction of sp³-hybridized carbons (Fsp3) is 0.545. The average Bonchev–Trinajstić information content (AvgIpc) is 3.73. The first kappa shape index (κ1) is 48.8. The van der Waals surface area contributed by atoms with Crippen LogP contribution >= 0.6 is 0 Å². The number of piperidine rings is 2. The standard InChI is InChI=1S/C55H67F2N9O4/c1-34(67)63-25-20-45-44(32-63)49(65-21-9-10-36-26-38(30-59)43(48(56)57)28-46(36)65)61-66(45)41-18-22-62(23-19-41)31-39-17-24-64(33-53(39,2)3)40-14-11-35(12-15-40)50(68)60-51-54(4,5)52(55(51,6)7)70-42-16-13-37(29-58)47(27-42)69-8/h11-16,26-28,39,41,48,51-52H,9-10,17-25,31-33H2,1-8H3,(H,60,68). The van der Waals surface area contributed by atoms with E-state index >= 15 is 0 Å². The highest BCUT2D eigenvalue weighted by atomic mass is 19.3. The van der Waals surface area contributed by atoms with Gasteiger partial charge in [-0.3, -0.25) is 14.3 Å². The van der Waals surface area contributed by atoms with Crippen LogP contribution in [0.1, 0.15) is 130 Å². The maximum absolute atomic E-state index is 14.2. The predicted molar refractivity (Wildman–Crippen MR) is 265 cm³/mol. The summed E-state index contributed by atoms with van der Waals surface area (Å²) < 4.78 is 42.5. The molecule has 1 N–H and O–H groups in total. The van der Waals surface area contributed by atoms with Crippen LogP contribution in [0.3, 0.4) is 0 Å². The monoisotopic (exact) mass is 956 g/mol. The van der Waals surface area contributed by atoms with Crippen LogP contribution < -0.4 is 24.6 Å². The number of aromatic nitrogens is 2. The molecule has 0 radical (unpaired) electrons. The van der Waals surface area contributed by atoms with Gasteiger partial charge in [0.25, 0.3) is 12.3 Å². The lowest BCUT2D eigenvalue weighted by atomic mass is 9.49. The van der Waals surface area contributed by atoms with Crippen LogP contribution in [0.25, 0.3) is 0 Å². The Morgan fingerprint density at radius 3 is 2.24 bits per heavy atom. The Bertz CT molecular complexity index is 2710. The van der Waals surface area contributed by atoms with Gasteiger partial charge in [0, 0.05) is 116 Å². The molecule has 13 nitrogen and oxygen atoms in total. The van der Waals surface area contributed by atoms with Gasteiger partial charge in [0.15, 0.2) is 5.82 Å². The molecular weight excluding hydrogens is 889 g/mol. The van der Waals surface area contributed by atoms with Gasteiger partial charge >= 0.3 is 0 Å². The lowest BCUT2D eigenvalue weighted by Gasteiger charge is -2.63. The highest BCUT2D eigenvalue weighted by Gasteiger charge is 2.64. The van der Waals surface area contributed by atoms with E-state index in [1.54, 1.807) is 31.2 Å². The molecular formula is C55H67F2N9O4. The number of rotatable bonds is 11. The van der Waals surface area contributed by atoms with Gasteiger partial charge < -0.3 is 34.4 Å². The van der Waals surface area contributed by atoms with Gasteiger partial charge in [0.05, 0.1) is 36.9 Å². The molecule has 3 aromatic carbocycles. The van der Waals surface area contributed by atoms with E-state index in [-0.39, 0.29) is 57.4 Å². The molecule has 1 saturated carbocycles. The van der Waals surface area contributed by atoms with Crippen LogP contribution in [0.15, 0.2) is 54.6 Å². The number of anilines is 3. The number of halogens is 2. The van der Waals surface area contributed by atoms with E-state index < -0.39 is 6.43 Å². The van der Waals surface area contributed by atoms with Crippen molar-refractivity contribution in [2.45, 2.75) is 118 Å². The summed E-state index contributed by atoms with van der Waals surface area (Å²) >= 11 is 0. The second-order valence-corrected chi connectivity index (χ2v) is 22.1. The van der Waals surface area contributed by atoms with Crippen LogP contribution in [0, 0.1) is 44.8 Å². The summed E-state index contributed by atoms with van der Waals surface area (Å²) in [6.45, 7) is 21.2. The minimum absolute atomic E-state index is 0.00565. The molecule has 0 bridgehead atoms. The number of aryl methyl sites for hydroxylation is 1. The van der Waals surface area contributed by atoms with Crippen molar-refractivity contribution in [1.82, 2.24) is 24.9 Å². The minimum atomic E-state index is -2.77. The van der Waals surface area contributed by atoms with Crippen LogP contribution in [0.4, 0.5) is 26.0 Å². The quantitative estimate of drug-likeness (QED) is 0.155. The molecule has 1 atom stereocenters. The van der Waals surface area contributed by atoms with Crippen LogP contribution in [0.5, 0.6) is 11.5 Å². The third-order valence-electron chi connectivity index (χ3n) is 16.5. The van der Waals surface area contributed by atoms with E-state index in [9.17, 15) is 28.9 Å². The first-order chi connectivity index (χ1) is 33.3. The number of ether oxygens (including phenoxy) is 2. The van der Waals surface area contributed by atoms with Crippen molar-refractivity contribution in [3.8, 4) is 23.6 Å². The van der Waals surface area contributed by atoms with Crippen LogP contribution in [-0.2, 0) is 24.2 Å². The van der Waals surface area contributed by atoms with Crippen molar-refractivity contribution in [2.75, 3.05) is 62.7 Å². The summed E-state index contributed by atoms with van der Waals surface area (Å²) in [5.74, 6) is 2.23. The van der Waals surface area contributed by atoms with Gasteiger partial charge in [-0.1, -0.05) is 41.5 Å². The number of nitriles is 2. The first-order valence-electron chi connectivity index (χ1n) is 25.0. The van der Waals surface area contributed by atoms with E-state index in [2.05, 4.69) is 84.4 Å². The summed E-state index contributed by atoms with van der Waals surface area (Å²) in [4.78, 5) is 35.4. The molecule has 1 aromatic heterocycles. The molecule has 70 heavy (non-hydrogen) atoms. The minimum Gasteiger partial charge on any atom is -0.495 e. The van der Waals surface area contributed by atoms with E-state index in [1.165, 1.54) is 13.2 Å².